The first-order chi connectivity index (χ1) is 7.69. The Morgan fingerprint density at radius 1 is 1.24 bits per heavy atom. The third-order valence-corrected chi connectivity index (χ3v) is 4.88. The summed E-state index contributed by atoms with van der Waals surface area (Å²) in [5.41, 5.74) is 0.223. The smallest absolute Gasteiger partial charge is 0.246 e. The van der Waals surface area contributed by atoms with Crippen molar-refractivity contribution in [3.05, 3.63) is 0 Å². The maximum atomic E-state index is 11.8. The molecule has 2 N–H and O–H groups in total. The Morgan fingerprint density at radius 2 is 1.76 bits per heavy atom. The van der Waals surface area contributed by atoms with E-state index in [2.05, 4.69) is 38.3 Å². The molecule has 0 radical (unpaired) electrons. The molecule has 2 fully saturated rings. The lowest BCUT2D eigenvalue weighted by molar-refractivity contribution is -0.136. The molecule has 0 bridgehead atoms. The molecule has 17 heavy (non-hydrogen) atoms. The maximum absolute atomic E-state index is 11.8. The van der Waals surface area contributed by atoms with Gasteiger partial charge in [-0.25, -0.2) is 0 Å². The van der Waals surface area contributed by atoms with Crippen molar-refractivity contribution in [3.8, 4) is 0 Å². The molecule has 1 aliphatic heterocycles. The molecule has 1 saturated heterocycles. The number of carbonyl (C=O) groups excluding carboxylic acids is 1. The first-order valence-corrected chi connectivity index (χ1v) is 6.33. The number of amides is 1. The van der Waals surface area contributed by atoms with Crippen LogP contribution in [0.4, 0.5) is 0 Å². The minimum atomic E-state index is -0.147. The van der Waals surface area contributed by atoms with Crippen molar-refractivity contribution in [2.24, 2.45) is 10.8 Å². The summed E-state index contributed by atoms with van der Waals surface area (Å²) in [6.45, 7) is 12.6. The summed E-state index contributed by atoms with van der Waals surface area (Å²) in [7, 11) is 0. The fourth-order valence-corrected chi connectivity index (χ4v) is 2.58. The van der Waals surface area contributed by atoms with E-state index < -0.39 is 0 Å². The monoisotopic (exact) mass is 240 g/mol. The summed E-state index contributed by atoms with van der Waals surface area (Å²) >= 11 is 0. The van der Waals surface area contributed by atoms with Crippen molar-refractivity contribution in [2.45, 2.75) is 46.3 Å². The normalized spacial score (nSPS) is 28.3. The maximum Gasteiger partial charge on any atom is 0.246 e. The number of nitrogens with one attached hydrogen (secondary N) is 2. The molecule has 0 aromatic rings. The Morgan fingerprint density at radius 3 is 2.12 bits per heavy atom. The second-order valence-corrected chi connectivity index (χ2v) is 6.79. The first-order valence-electron chi connectivity index (χ1n) is 6.33. The van der Waals surface area contributed by atoms with Crippen LogP contribution in [0.15, 0.2) is 0 Å². The molecule has 0 aromatic heterocycles. The van der Waals surface area contributed by atoms with Crippen LogP contribution in [0.25, 0.3) is 0 Å². The third kappa shape index (κ3) is 2.08. The van der Waals surface area contributed by atoms with Gasteiger partial charge in [0.1, 0.15) is 6.61 Å². The Balaban J connectivity index is 1.76. The minimum Gasteiger partial charge on any atom is -0.363 e. The average molecular weight is 240 g/mol. The molecule has 0 atom stereocenters. The van der Waals surface area contributed by atoms with Gasteiger partial charge in [-0.05, 0) is 17.8 Å². The quantitative estimate of drug-likeness (QED) is 0.768. The van der Waals surface area contributed by atoms with Gasteiger partial charge in [0.15, 0.2) is 0 Å². The zero-order valence-corrected chi connectivity index (χ0v) is 11.5. The van der Waals surface area contributed by atoms with E-state index in [1.165, 1.54) is 0 Å². The second kappa shape index (κ2) is 3.69. The van der Waals surface area contributed by atoms with Gasteiger partial charge >= 0.3 is 0 Å². The van der Waals surface area contributed by atoms with E-state index in [4.69, 9.17) is 4.74 Å². The standard InChI is InChI=1S/C13H24N2O2/c1-11(2)10(12(11,3)4)15-9(16)6-17-13(5)7-14-8-13/h10,14H,6-8H2,1-5H3,(H,15,16). The molecule has 1 saturated carbocycles. The molecule has 98 valence electrons. The van der Waals surface area contributed by atoms with Crippen LogP contribution >= 0.6 is 0 Å². The Kier molecular flexibility index (Phi) is 2.79. The van der Waals surface area contributed by atoms with E-state index in [1.54, 1.807) is 0 Å². The van der Waals surface area contributed by atoms with Gasteiger partial charge in [-0.1, -0.05) is 27.7 Å². The van der Waals surface area contributed by atoms with Crippen LogP contribution in [-0.4, -0.2) is 37.2 Å². The number of hydrogen-bond donors (Lipinski definition) is 2. The molecule has 2 rings (SSSR count). The van der Waals surface area contributed by atoms with Crippen molar-refractivity contribution >= 4 is 5.91 Å². The molecule has 1 amide bonds. The van der Waals surface area contributed by atoms with E-state index in [0.717, 1.165) is 13.1 Å². The SMILES string of the molecule is CC1(OCC(=O)NC2C(C)(C)C2(C)C)CNC1. The predicted molar refractivity (Wildman–Crippen MR) is 66.7 cm³/mol. The summed E-state index contributed by atoms with van der Waals surface area (Å²) in [6.07, 6.45) is 0. The summed E-state index contributed by atoms with van der Waals surface area (Å²) in [5.74, 6) is 0.00164. The highest BCUT2D eigenvalue weighted by Gasteiger charge is 2.65. The number of rotatable bonds is 4. The highest BCUT2D eigenvalue weighted by Crippen LogP contribution is 2.62. The Labute approximate surface area is 103 Å². The van der Waals surface area contributed by atoms with E-state index >= 15 is 0 Å². The van der Waals surface area contributed by atoms with E-state index in [1.807, 2.05) is 6.92 Å². The van der Waals surface area contributed by atoms with Gasteiger partial charge in [0.05, 0.1) is 5.60 Å². The summed E-state index contributed by atoms with van der Waals surface area (Å²) in [5, 5.41) is 6.22. The molecule has 1 aliphatic carbocycles. The summed E-state index contributed by atoms with van der Waals surface area (Å²) < 4.78 is 5.62. The van der Waals surface area contributed by atoms with Crippen molar-refractivity contribution in [1.82, 2.24) is 10.6 Å². The largest absolute Gasteiger partial charge is 0.363 e. The summed E-state index contributed by atoms with van der Waals surface area (Å²) in [4.78, 5) is 11.8. The second-order valence-electron chi connectivity index (χ2n) is 6.79. The number of hydrogen-bond acceptors (Lipinski definition) is 3. The van der Waals surface area contributed by atoms with E-state index in [9.17, 15) is 4.79 Å². The van der Waals surface area contributed by atoms with Gasteiger partial charge < -0.3 is 15.4 Å². The molecule has 0 unspecified atom stereocenters. The van der Waals surface area contributed by atoms with Crippen LogP contribution < -0.4 is 10.6 Å². The lowest BCUT2D eigenvalue weighted by Gasteiger charge is -2.38. The lowest BCUT2D eigenvalue weighted by Crippen LogP contribution is -2.59. The van der Waals surface area contributed by atoms with E-state index in [-0.39, 0.29) is 35.0 Å². The Bertz CT molecular complexity index is 318. The summed E-state index contributed by atoms with van der Waals surface area (Å²) in [6, 6.07) is 0.262. The van der Waals surface area contributed by atoms with Crippen LogP contribution in [0.3, 0.4) is 0 Å². The fourth-order valence-electron chi connectivity index (χ4n) is 2.58. The van der Waals surface area contributed by atoms with Crippen molar-refractivity contribution in [3.63, 3.8) is 0 Å². The molecule has 1 heterocycles. The van der Waals surface area contributed by atoms with Gasteiger partial charge in [0.25, 0.3) is 0 Å². The van der Waals surface area contributed by atoms with Crippen LogP contribution in [0.5, 0.6) is 0 Å². The predicted octanol–water partition coefficient (Wildman–Crippen LogP) is 0.916. The Hall–Kier alpha value is -0.610. The minimum absolute atomic E-state index is 0.00164. The molecular weight excluding hydrogens is 216 g/mol. The van der Waals surface area contributed by atoms with Gasteiger partial charge in [0.2, 0.25) is 5.91 Å². The van der Waals surface area contributed by atoms with Gasteiger partial charge in [-0.15, -0.1) is 0 Å². The fraction of sp³-hybridized carbons (Fsp3) is 0.923. The molecular formula is C13H24N2O2. The number of carbonyl (C=O) groups is 1. The van der Waals surface area contributed by atoms with Gasteiger partial charge in [0, 0.05) is 19.1 Å². The van der Waals surface area contributed by atoms with Gasteiger partial charge in [-0.3, -0.25) is 4.79 Å². The van der Waals surface area contributed by atoms with Gasteiger partial charge in [-0.2, -0.15) is 0 Å². The molecule has 2 aliphatic rings. The zero-order valence-electron chi connectivity index (χ0n) is 11.5. The topological polar surface area (TPSA) is 50.4 Å². The molecule has 0 aromatic carbocycles. The van der Waals surface area contributed by atoms with E-state index in [0.29, 0.717) is 0 Å². The van der Waals surface area contributed by atoms with Crippen LogP contribution in [0, 0.1) is 10.8 Å². The van der Waals surface area contributed by atoms with Crippen LogP contribution in [0.2, 0.25) is 0 Å². The average Bonchev–Trinajstić information content (AvgIpc) is 2.55. The van der Waals surface area contributed by atoms with Crippen molar-refractivity contribution in [1.29, 1.82) is 0 Å². The number of ether oxygens (including phenoxy) is 1. The molecule has 0 spiro atoms. The van der Waals surface area contributed by atoms with Crippen LogP contribution in [-0.2, 0) is 9.53 Å². The third-order valence-electron chi connectivity index (χ3n) is 4.88. The highest BCUT2D eigenvalue weighted by molar-refractivity contribution is 5.78. The zero-order chi connectivity index (χ0) is 12.9. The van der Waals surface area contributed by atoms with Crippen LogP contribution in [0.1, 0.15) is 34.6 Å². The molecule has 4 nitrogen and oxygen atoms in total. The highest BCUT2D eigenvalue weighted by atomic mass is 16.5. The van der Waals surface area contributed by atoms with Crippen molar-refractivity contribution < 1.29 is 9.53 Å². The lowest BCUT2D eigenvalue weighted by atomic mass is 10.0. The molecule has 4 heteroatoms. The van der Waals surface area contributed by atoms with Crippen molar-refractivity contribution in [2.75, 3.05) is 19.7 Å². The first kappa shape index (κ1) is 12.8.